The molecular weight excluding hydrogens is 238 g/mol. The molecule has 0 aliphatic rings. The zero-order valence-electron chi connectivity index (χ0n) is 11.8. The van der Waals surface area contributed by atoms with Crippen LogP contribution in [0.3, 0.4) is 0 Å². The van der Waals surface area contributed by atoms with Gasteiger partial charge in [0.2, 0.25) is 0 Å². The molecule has 0 spiro atoms. The number of pyridine rings is 1. The predicted octanol–water partition coefficient (Wildman–Crippen LogP) is 3.10. The van der Waals surface area contributed by atoms with E-state index in [0.29, 0.717) is 0 Å². The number of aliphatic hydroxyl groups excluding tert-OH is 1. The molecule has 3 nitrogen and oxygen atoms in total. The summed E-state index contributed by atoms with van der Waals surface area (Å²) in [5.41, 5.74) is 4.79. The highest BCUT2D eigenvalue weighted by atomic mass is 16.5. The second kappa shape index (κ2) is 5.41. The van der Waals surface area contributed by atoms with Gasteiger partial charge in [-0.1, -0.05) is 18.2 Å². The van der Waals surface area contributed by atoms with Crippen molar-refractivity contribution in [3.63, 3.8) is 0 Å². The summed E-state index contributed by atoms with van der Waals surface area (Å²) < 4.78 is 5.45. The standard InChI is InChI=1S/C16H19NO2/c1-10-7-13(9-17-8-10)15(18)14-6-5-11(2)12(3)16(14)19-4/h5-9,15,18H,1-4H3. The highest BCUT2D eigenvalue weighted by molar-refractivity contribution is 5.48. The number of methoxy groups -OCH3 is 1. The van der Waals surface area contributed by atoms with E-state index in [1.54, 1.807) is 19.5 Å². The van der Waals surface area contributed by atoms with Crippen molar-refractivity contribution in [1.29, 1.82) is 0 Å². The zero-order valence-corrected chi connectivity index (χ0v) is 11.8. The maximum absolute atomic E-state index is 10.5. The fraction of sp³-hybridized carbons (Fsp3) is 0.312. The lowest BCUT2D eigenvalue weighted by Crippen LogP contribution is -2.05. The molecule has 1 aromatic carbocycles. The number of benzene rings is 1. The van der Waals surface area contributed by atoms with E-state index in [-0.39, 0.29) is 0 Å². The Bertz CT molecular complexity index is 593. The topological polar surface area (TPSA) is 42.4 Å². The zero-order chi connectivity index (χ0) is 14.0. The molecule has 1 aromatic heterocycles. The number of aryl methyl sites for hydroxylation is 2. The van der Waals surface area contributed by atoms with Gasteiger partial charge >= 0.3 is 0 Å². The molecule has 3 heteroatoms. The quantitative estimate of drug-likeness (QED) is 0.918. The smallest absolute Gasteiger partial charge is 0.128 e. The molecule has 1 N–H and O–H groups in total. The van der Waals surface area contributed by atoms with E-state index in [4.69, 9.17) is 4.74 Å². The monoisotopic (exact) mass is 257 g/mol. The molecule has 0 radical (unpaired) electrons. The van der Waals surface area contributed by atoms with E-state index in [1.165, 1.54) is 0 Å². The van der Waals surface area contributed by atoms with Crippen LogP contribution in [0.15, 0.2) is 30.6 Å². The first-order valence-electron chi connectivity index (χ1n) is 6.28. The van der Waals surface area contributed by atoms with E-state index in [1.807, 2.05) is 39.0 Å². The van der Waals surface area contributed by atoms with Crippen LogP contribution in [-0.4, -0.2) is 17.2 Å². The summed E-state index contributed by atoms with van der Waals surface area (Å²) in [5, 5.41) is 10.5. The molecule has 0 saturated heterocycles. The molecule has 1 heterocycles. The number of nitrogens with zero attached hydrogens (tertiary/aromatic N) is 1. The van der Waals surface area contributed by atoms with E-state index in [0.717, 1.165) is 33.6 Å². The molecule has 100 valence electrons. The van der Waals surface area contributed by atoms with E-state index >= 15 is 0 Å². The van der Waals surface area contributed by atoms with Crippen LogP contribution in [0, 0.1) is 20.8 Å². The maximum atomic E-state index is 10.5. The van der Waals surface area contributed by atoms with Gasteiger partial charge in [-0.3, -0.25) is 4.98 Å². The molecule has 0 aliphatic carbocycles. The summed E-state index contributed by atoms with van der Waals surface area (Å²) in [6, 6.07) is 5.85. The summed E-state index contributed by atoms with van der Waals surface area (Å²) in [6.45, 7) is 5.99. The van der Waals surface area contributed by atoms with E-state index < -0.39 is 6.10 Å². The Hall–Kier alpha value is -1.87. The molecule has 2 aromatic rings. The number of rotatable bonds is 3. The van der Waals surface area contributed by atoms with Gasteiger partial charge < -0.3 is 9.84 Å². The third-order valence-corrected chi connectivity index (χ3v) is 3.42. The fourth-order valence-electron chi connectivity index (χ4n) is 2.20. The molecule has 0 bridgehead atoms. The van der Waals surface area contributed by atoms with E-state index in [9.17, 15) is 5.11 Å². The summed E-state index contributed by atoms with van der Waals surface area (Å²) in [5.74, 6) is 0.744. The number of aromatic nitrogens is 1. The van der Waals surface area contributed by atoms with Gasteiger partial charge in [0.1, 0.15) is 11.9 Å². The molecule has 19 heavy (non-hydrogen) atoms. The van der Waals surface area contributed by atoms with Gasteiger partial charge in [-0.25, -0.2) is 0 Å². The van der Waals surface area contributed by atoms with E-state index in [2.05, 4.69) is 4.98 Å². The van der Waals surface area contributed by atoms with Crippen molar-refractivity contribution < 1.29 is 9.84 Å². The fourth-order valence-corrected chi connectivity index (χ4v) is 2.20. The van der Waals surface area contributed by atoms with Gasteiger partial charge in [-0.05, 0) is 37.5 Å². The Morgan fingerprint density at radius 2 is 1.89 bits per heavy atom. The van der Waals surface area contributed by atoms with Crippen LogP contribution in [0.1, 0.15) is 33.9 Å². The minimum absolute atomic E-state index is 0.721. The van der Waals surface area contributed by atoms with Crippen molar-refractivity contribution in [2.45, 2.75) is 26.9 Å². The van der Waals surface area contributed by atoms with Crippen molar-refractivity contribution in [2.24, 2.45) is 0 Å². The summed E-state index contributed by atoms with van der Waals surface area (Å²) >= 11 is 0. The van der Waals surface area contributed by atoms with Crippen LogP contribution in [0.25, 0.3) is 0 Å². The average Bonchev–Trinajstić information content (AvgIpc) is 2.41. The molecular formula is C16H19NO2. The third-order valence-electron chi connectivity index (χ3n) is 3.42. The predicted molar refractivity (Wildman–Crippen MR) is 75.5 cm³/mol. The first-order chi connectivity index (χ1) is 9.04. The molecule has 1 unspecified atom stereocenters. The second-order valence-electron chi connectivity index (χ2n) is 4.83. The Kier molecular flexibility index (Phi) is 3.86. The molecule has 0 fully saturated rings. The number of hydrogen-bond acceptors (Lipinski definition) is 3. The van der Waals surface area contributed by atoms with Crippen LogP contribution >= 0.6 is 0 Å². The molecule has 2 rings (SSSR count). The van der Waals surface area contributed by atoms with Gasteiger partial charge in [-0.15, -0.1) is 0 Å². The third kappa shape index (κ3) is 2.61. The van der Waals surface area contributed by atoms with Gasteiger partial charge in [0.25, 0.3) is 0 Å². The Morgan fingerprint density at radius 1 is 1.16 bits per heavy atom. The first-order valence-corrected chi connectivity index (χ1v) is 6.28. The Morgan fingerprint density at radius 3 is 2.53 bits per heavy atom. The van der Waals surface area contributed by atoms with Gasteiger partial charge in [0.15, 0.2) is 0 Å². The number of hydrogen-bond donors (Lipinski definition) is 1. The first kappa shape index (κ1) is 13.6. The Labute approximate surface area is 113 Å². The van der Waals surface area contributed by atoms with Crippen molar-refractivity contribution in [3.05, 3.63) is 58.4 Å². The van der Waals surface area contributed by atoms with Gasteiger partial charge in [0.05, 0.1) is 7.11 Å². The molecule has 0 saturated carbocycles. The van der Waals surface area contributed by atoms with Crippen molar-refractivity contribution in [2.75, 3.05) is 7.11 Å². The van der Waals surface area contributed by atoms with Crippen LogP contribution in [-0.2, 0) is 0 Å². The largest absolute Gasteiger partial charge is 0.496 e. The molecule has 0 amide bonds. The summed E-state index contributed by atoms with van der Waals surface area (Å²) in [7, 11) is 1.63. The summed E-state index contributed by atoms with van der Waals surface area (Å²) in [6.07, 6.45) is 2.74. The lowest BCUT2D eigenvalue weighted by molar-refractivity contribution is 0.214. The SMILES string of the molecule is COc1c(C(O)c2cncc(C)c2)ccc(C)c1C. The van der Waals surface area contributed by atoms with Crippen LogP contribution in [0.4, 0.5) is 0 Å². The number of ether oxygens (including phenoxy) is 1. The minimum atomic E-state index is -0.721. The van der Waals surface area contributed by atoms with Crippen LogP contribution in [0.2, 0.25) is 0 Å². The molecule has 0 aliphatic heterocycles. The Balaban J connectivity index is 2.50. The van der Waals surface area contributed by atoms with Crippen LogP contribution < -0.4 is 4.74 Å². The van der Waals surface area contributed by atoms with Crippen molar-refractivity contribution in [3.8, 4) is 5.75 Å². The summed E-state index contributed by atoms with van der Waals surface area (Å²) in [4.78, 5) is 4.13. The minimum Gasteiger partial charge on any atom is -0.496 e. The van der Waals surface area contributed by atoms with Gasteiger partial charge in [-0.2, -0.15) is 0 Å². The van der Waals surface area contributed by atoms with Crippen molar-refractivity contribution >= 4 is 0 Å². The lowest BCUT2D eigenvalue weighted by Gasteiger charge is -2.18. The lowest BCUT2D eigenvalue weighted by atomic mass is 9.96. The maximum Gasteiger partial charge on any atom is 0.128 e. The van der Waals surface area contributed by atoms with Gasteiger partial charge in [0, 0.05) is 23.5 Å². The number of aliphatic hydroxyl groups is 1. The average molecular weight is 257 g/mol. The normalized spacial score (nSPS) is 12.3. The second-order valence-corrected chi connectivity index (χ2v) is 4.83. The highest BCUT2D eigenvalue weighted by Gasteiger charge is 2.18. The van der Waals surface area contributed by atoms with Crippen molar-refractivity contribution in [1.82, 2.24) is 4.98 Å². The van der Waals surface area contributed by atoms with Crippen LogP contribution in [0.5, 0.6) is 5.75 Å². The molecule has 1 atom stereocenters. The highest BCUT2D eigenvalue weighted by Crippen LogP contribution is 2.33.